The van der Waals surface area contributed by atoms with E-state index in [1.165, 1.54) is 16.4 Å². The van der Waals surface area contributed by atoms with E-state index in [2.05, 4.69) is 6.58 Å². The second-order valence-corrected chi connectivity index (χ2v) is 6.84. The van der Waals surface area contributed by atoms with E-state index in [9.17, 15) is 13.2 Å². The lowest BCUT2D eigenvalue weighted by molar-refractivity contribution is -0.136. The molecule has 1 aromatic carbocycles. The molecule has 1 N–H and O–H groups in total. The zero-order valence-electron chi connectivity index (χ0n) is 12.2. The van der Waals surface area contributed by atoms with Gasteiger partial charge in [-0.3, -0.25) is 4.79 Å². The summed E-state index contributed by atoms with van der Waals surface area (Å²) in [5, 5.41) is 8.62. The molecule has 6 heteroatoms. The molecule has 0 radical (unpaired) electrons. The molecule has 21 heavy (non-hydrogen) atoms. The number of carboxylic acid groups (broad SMARTS) is 1. The van der Waals surface area contributed by atoms with Gasteiger partial charge >= 0.3 is 5.97 Å². The molecule has 0 fully saturated rings. The standard InChI is InChI=1S/C15H21NO4S/c1-3-4-5-12-16(2)21(19,20)14-9-6-13(7-10-14)8-11-15(17)18/h3,6-7,9-10H,1,4-5,8,11-12H2,2H3,(H,17,18). The van der Waals surface area contributed by atoms with E-state index >= 15 is 0 Å². The SMILES string of the molecule is C=CCCCN(C)S(=O)(=O)c1ccc(CCC(=O)O)cc1. The van der Waals surface area contributed by atoms with Crippen LogP contribution >= 0.6 is 0 Å². The van der Waals surface area contributed by atoms with E-state index < -0.39 is 16.0 Å². The third-order valence-corrected chi connectivity index (χ3v) is 5.01. The Kier molecular flexibility index (Phi) is 6.58. The minimum Gasteiger partial charge on any atom is -0.481 e. The first kappa shape index (κ1) is 17.4. The third-order valence-electron chi connectivity index (χ3n) is 3.14. The van der Waals surface area contributed by atoms with Crippen molar-refractivity contribution in [2.75, 3.05) is 13.6 Å². The molecule has 0 saturated heterocycles. The Bertz CT molecular complexity index is 578. The quantitative estimate of drug-likeness (QED) is 0.561. The second-order valence-electron chi connectivity index (χ2n) is 4.80. The van der Waals surface area contributed by atoms with Gasteiger partial charge in [0.15, 0.2) is 0 Å². The predicted molar refractivity (Wildman–Crippen MR) is 81.6 cm³/mol. The molecule has 5 nitrogen and oxygen atoms in total. The van der Waals surface area contributed by atoms with Crippen molar-refractivity contribution in [3.05, 3.63) is 42.5 Å². The molecule has 0 aromatic heterocycles. The van der Waals surface area contributed by atoms with Crippen LogP contribution < -0.4 is 0 Å². The second kappa shape index (κ2) is 7.95. The molecule has 0 saturated carbocycles. The number of unbranched alkanes of at least 4 members (excludes halogenated alkanes) is 1. The van der Waals surface area contributed by atoms with Crippen molar-refractivity contribution < 1.29 is 18.3 Å². The lowest BCUT2D eigenvalue weighted by Crippen LogP contribution is -2.27. The van der Waals surface area contributed by atoms with Gasteiger partial charge in [-0.25, -0.2) is 12.7 Å². The molecule has 0 aliphatic rings. The van der Waals surface area contributed by atoms with Crippen LogP contribution in [0.5, 0.6) is 0 Å². The van der Waals surface area contributed by atoms with Gasteiger partial charge in [0.05, 0.1) is 4.90 Å². The van der Waals surface area contributed by atoms with Gasteiger partial charge in [-0.2, -0.15) is 0 Å². The van der Waals surface area contributed by atoms with Crippen LogP contribution in [0.2, 0.25) is 0 Å². The van der Waals surface area contributed by atoms with Crippen LogP contribution in [0.1, 0.15) is 24.8 Å². The van der Waals surface area contributed by atoms with Gasteiger partial charge in [0.25, 0.3) is 0 Å². The molecule has 0 amide bonds. The Morgan fingerprint density at radius 2 is 1.95 bits per heavy atom. The minimum atomic E-state index is -3.48. The largest absolute Gasteiger partial charge is 0.481 e. The number of benzene rings is 1. The molecule has 0 heterocycles. The normalized spacial score (nSPS) is 11.5. The summed E-state index contributed by atoms with van der Waals surface area (Å²) in [6, 6.07) is 6.37. The highest BCUT2D eigenvalue weighted by molar-refractivity contribution is 7.89. The Morgan fingerprint density at radius 3 is 2.48 bits per heavy atom. The van der Waals surface area contributed by atoms with Gasteiger partial charge in [0.2, 0.25) is 10.0 Å². The number of carboxylic acids is 1. The molecule has 0 bridgehead atoms. The first-order chi connectivity index (χ1) is 9.87. The van der Waals surface area contributed by atoms with Gasteiger partial charge in [-0.05, 0) is 37.0 Å². The molecule has 1 rings (SSSR count). The van der Waals surface area contributed by atoms with E-state index in [4.69, 9.17) is 5.11 Å². The first-order valence-electron chi connectivity index (χ1n) is 6.76. The maximum absolute atomic E-state index is 12.3. The summed E-state index contributed by atoms with van der Waals surface area (Å²) in [4.78, 5) is 10.7. The zero-order valence-corrected chi connectivity index (χ0v) is 13.0. The Morgan fingerprint density at radius 1 is 1.33 bits per heavy atom. The fourth-order valence-corrected chi connectivity index (χ4v) is 3.05. The molecule has 0 aliphatic heterocycles. The summed E-state index contributed by atoms with van der Waals surface area (Å²) in [6.45, 7) is 4.05. The smallest absolute Gasteiger partial charge is 0.303 e. The molecular formula is C15H21NO4S. The maximum atomic E-state index is 12.3. The highest BCUT2D eigenvalue weighted by Gasteiger charge is 2.19. The Balaban J connectivity index is 2.74. The summed E-state index contributed by atoms with van der Waals surface area (Å²) in [7, 11) is -1.93. The average molecular weight is 311 g/mol. The Hall–Kier alpha value is -1.66. The van der Waals surface area contributed by atoms with Crippen molar-refractivity contribution in [3.8, 4) is 0 Å². The van der Waals surface area contributed by atoms with E-state index in [0.717, 1.165) is 18.4 Å². The molecule has 0 spiro atoms. The van der Waals surface area contributed by atoms with E-state index in [0.29, 0.717) is 13.0 Å². The predicted octanol–water partition coefficient (Wildman–Crippen LogP) is 2.29. The van der Waals surface area contributed by atoms with Gasteiger partial charge < -0.3 is 5.11 Å². The van der Waals surface area contributed by atoms with Crippen LogP contribution in [-0.4, -0.2) is 37.4 Å². The van der Waals surface area contributed by atoms with Crippen LogP contribution in [0.15, 0.2) is 41.8 Å². The van der Waals surface area contributed by atoms with E-state index in [1.807, 2.05) is 0 Å². The van der Waals surface area contributed by atoms with Crippen molar-refractivity contribution in [1.29, 1.82) is 0 Å². The van der Waals surface area contributed by atoms with Crippen LogP contribution in [0.4, 0.5) is 0 Å². The van der Waals surface area contributed by atoms with Crippen molar-refractivity contribution >= 4 is 16.0 Å². The molecule has 116 valence electrons. The summed E-state index contributed by atoms with van der Waals surface area (Å²) in [6.07, 6.45) is 3.69. The van der Waals surface area contributed by atoms with Gasteiger partial charge in [0, 0.05) is 20.0 Å². The topological polar surface area (TPSA) is 74.7 Å². The number of nitrogens with zero attached hydrogens (tertiary/aromatic N) is 1. The fraction of sp³-hybridized carbons (Fsp3) is 0.400. The third kappa shape index (κ3) is 5.32. The average Bonchev–Trinajstić information content (AvgIpc) is 2.45. The first-order valence-corrected chi connectivity index (χ1v) is 8.20. The minimum absolute atomic E-state index is 0.0353. The number of hydrogen-bond acceptors (Lipinski definition) is 3. The Labute approximate surface area is 126 Å². The van der Waals surface area contributed by atoms with Crippen LogP contribution in [0, 0.1) is 0 Å². The van der Waals surface area contributed by atoms with Crippen LogP contribution in [0.25, 0.3) is 0 Å². The summed E-state index contributed by atoms with van der Waals surface area (Å²) >= 11 is 0. The lowest BCUT2D eigenvalue weighted by Gasteiger charge is -2.17. The highest BCUT2D eigenvalue weighted by atomic mass is 32.2. The van der Waals surface area contributed by atoms with Crippen molar-refractivity contribution in [2.24, 2.45) is 0 Å². The van der Waals surface area contributed by atoms with Crippen molar-refractivity contribution in [3.63, 3.8) is 0 Å². The van der Waals surface area contributed by atoms with Gasteiger partial charge in [-0.15, -0.1) is 6.58 Å². The number of hydrogen-bond donors (Lipinski definition) is 1. The van der Waals surface area contributed by atoms with Gasteiger partial charge in [-0.1, -0.05) is 18.2 Å². The summed E-state index contributed by atoms with van der Waals surface area (Å²) < 4.78 is 25.9. The number of carbonyl (C=O) groups is 1. The maximum Gasteiger partial charge on any atom is 0.303 e. The lowest BCUT2D eigenvalue weighted by atomic mass is 10.1. The number of rotatable bonds is 9. The monoisotopic (exact) mass is 311 g/mol. The van der Waals surface area contributed by atoms with Crippen LogP contribution in [-0.2, 0) is 21.2 Å². The molecule has 0 unspecified atom stereocenters. The molecule has 1 aromatic rings. The molecule has 0 aliphatic carbocycles. The summed E-state index contributed by atoms with van der Waals surface area (Å²) in [5.74, 6) is -0.867. The fourth-order valence-electron chi connectivity index (χ4n) is 1.84. The number of sulfonamides is 1. The van der Waals surface area contributed by atoms with E-state index in [-0.39, 0.29) is 11.3 Å². The number of aryl methyl sites for hydroxylation is 1. The van der Waals surface area contributed by atoms with Gasteiger partial charge in [0.1, 0.15) is 0 Å². The number of aliphatic carboxylic acids is 1. The zero-order chi connectivity index (χ0) is 15.9. The molecular weight excluding hydrogens is 290 g/mol. The van der Waals surface area contributed by atoms with Crippen molar-refractivity contribution in [2.45, 2.75) is 30.6 Å². The van der Waals surface area contributed by atoms with Crippen molar-refractivity contribution in [1.82, 2.24) is 4.31 Å². The number of allylic oxidation sites excluding steroid dienone is 1. The van der Waals surface area contributed by atoms with Crippen LogP contribution in [0.3, 0.4) is 0 Å². The highest BCUT2D eigenvalue weighted by Crippen LogP contribution is 2.16. The summed E-state index contributed by atoms with van der Waals surface area (Å²) in [5.41, 5.74) is 0.811. The molecule has 0 atom stereocenters. The van der Waals surface area contributed by atoms with E-state index in [1.54, 1.807) is 25.3 Å².